The summed E-state index contributed by atoms with van der Waals surface area (Å²) in [6, 6.07) is -0.0501. The lowest BCUT2D eigenvalue weighted by Crippen LogP contribution is -2.63. The number of sulfonamides is 1. The van der Waals surface area contributed by atoms with E-state index in [2.05, 4.69) is 4.90 Å². The van der Waals surface area contributed by atoms with Gasteiger partial charge in [0.2, 0.25) is 15.9 Å². The third-order valence-electron chi connectivity index (χ3n) is 4.72. The summed E-state index contributed by atoms with van der Waals surface area (Å²) in [5, 5.41) is 0. The minimum Gasteiger partial charge on any atom is -0.339 e. The van der Waals surface area contributed by atoms with Gasteiger partial charge in [-0.2, -0.15) is 4.31 Å². The Kier molecular flexibility index (Phi) is 6.45. The van der Waals surface area contributed by atoms with Crippen LogP contribution in [0.2, 0.25) is 0 Å². The van der Waals surface area contributed by atoms with Gasteiger partial charge in [0.05, 0.1) is 12.3 Å². The van der Waals surface area contributed by atoms with Crippen LogP contribution in [0.5, 0.6) is 0 Å². The standard InChI is InChI=1S/C16H31N3O3S/c1-14(2)11-16(20)18-12-15(13-18)19(23(3,21)22)10-9-17-7-5-4-6-8-17/h14-15H,4-13H2,1-3H3. The molecule has 7 heteroatoms. The van der Waals surface area contributed by atoms with Crippen molar-refractivity contribution in [1.29, 1.82) is 0 Å². The van der Waals surface area contributed by atoms with E-state index in [1.807, 2.05) is 13.8 Å². The Bertz CT molecular complexity index is 495. The number of rotatable bonds is 7. The predicted octanol–water partition coefficient (Wildman–Crippen LogP) is 0.991. The maximum atomic E-state index is 12.1. The van der Waals surface area contributed by atoms with Crippen LogP contribution in [0, 0.1) is 5.92 Å². The Morgan fingerprint density at radius 2 is 1.78 bits per heavy atom. The summed E-state index contributed by atoms with van der Waals surface area (Å²) in [6.45, 7) is 8.60. The molecule has 6 nitrogen and oxygen atoms in total. The molecular formula is C16H31N3O3S. The summed E-state index contributed by atoms with van der Waals surface area (Å²) in [5.41, 5.74) is 0. The van der Waals surface area contributed by atoms with Crippen LogP contribution in [-0.2, 0) is 14.8 Å². The summed E-state index contributed by atoms with van der Waals surface area (Å²) in [4.78, 5) is 16.1. The largest absolute Gasteiger partial charge is 0.339 e. The van der Waals surface area contributed by atoms with Crippen LogP contribution in [-0.4, -0.2) is 80.0 Å². The normalized spacial score (nSPS) is 21.0. The summed E-state index contributed by atoms with van der Waals surface area (Å²) < 4.78 is 25.8. The maximum Gasteiger partial charge on any atom is 0.222 e. The summed E-state index contributed by atoms with van der Waals surface area (Å²) in [5.74, 6) is 0.479. The van der Waals surface area contributed by atoms with Gasteiger partial charge in [-0.25, -0.2) is 8.42 Å². The molecule has 2 rings (SSSR count). The smallest absolute Gasteiger partial charge is 0.222 e. The van der Waals surface area contributed by atoms with Crippen LogP contribution in [0.3, 0.4) is 0 Å². The molecule has 1 amide bonds. The molecule has 2 saturated heterocycles. The van der Waals surface area contributed by atoms with Gasteiger partial charge in [0.15, 0.2) is 0 Å². The molecule has 0 radical (unpaired) electrons. The zero-order chi connectivity index (χ0) is 17.0. The average Bonchev–Trinajstić information content (AvgIpc) is 2.39. The molecule has 0 spiro atoms. The SMILES string of the molecule is CC(C)CC(=O)N1CC(N(CCN2CCCCC2)S(C)(=O)=O)C1. The molecule has 0 bridgehead atoms. The van der Waals surface area contributed by atoms with Crippen molar-refractivity contribution >= 4 is 15.9 Å². The maximum absolute atomic E-state index is 12.1. The number of hydrogen-bond acceptors (Lipinski definition) is 4. The summed E-state index contributed by atoms with van der Waals surface area (Å²) >= 11 is 0. The molecule has 2 aliphatic rings. The summed E-state index contributed by atoms with van der Waals surface area (Å²) in [6.07, 6.45) is 5.52. The lowest BCUT2D eigenvalue weighted by Gasteiger charge is -2.45. The lowest BCUT2D eigenvalue weighted by molar-refractivity contribution is -0.138. The second kappa shape index (κ2) is 7.94. The highest BCUT2D eigenvalue weighted by molar-refractivity contribution is 7.88. The molecule has 134 valence electrons. The Hall–Kier alpha value is -0.660. The van der Waals surface area contributed by atoms with Gasteiger partial charge in [0.25, 0.3) is 0 Å². The van der Waals surface area contributed by atoms with Gasteiger partial charge in [-0.15, -0.1) is 0 Å². The van der Waals surface area contributed by atoms with E-state index in [0.717, 1.165) is 19.6 Å². The quantitative estimate of drug-likeness (QED) is 0.690. The molecule has 2 aliphatic heterocycles. The molecule has 2 fully saturated rings. The Labute approximate surface area is 140 Å². The molecule has 0 aromatic heterocycles. The van der Waals surface area contributed by atoms with Crippen molar-refractivity contribution in [3.63, 3.8) is 0 Å². The van der Waals surface area contributed by atoms with E-state index in [0.29, 0.717) is 32.0 Å². The number of carbonyl (C=O) groups excluding carboxylic acids is 1. The molecule has 0 aromatic rings. The van der Waals surface area contributed by atoms with Gasteiger partial charge in [-0.1, -0.05) is 20.3 Å². The van der Waals surface area contributed by atoms with E-state index >= 15 is 0 Å². The summed E-state index contributed by atoms with van der Waals surface area (Å²) in [7, 11) is -3.23. The fourth-order valence-corrected chi connectivity index (χ4v) is 4.45. The van der Waals surface area contributed by atoms with Gasteiger partial charge >= 0.3 is 0 Å². The monoisotopic (exact) mass is 345 g/mol. The number of likely N-dealkylation sites (tertiary alicyclic amines) is 2. The zero-order valence-electron chi connectivity index (χ0n) is 14.7. The van der Waals surface area contributed by atoms with E-state index in [4.69, 9.17) is 0 Å². The van der Waals surface area contributed by atoms with Crippen LogP contribution < -0.4 is 0 Å². The van der Waals surface area contributed by atoms with Crippen molar-refractivity contribution in [3.8, 4) is 0 Å². The molecule has 2 heterocycles. The molecule has 23 heavy (non-hydrogen) atoms. The van der Waals surface area contributed by atoms with Crippen molar-refractivity contribution < 1.29 is 13.2 Å². The number of hydrogen-bond donors (Lipinski definition) is 0. The number of carbonyl (C=O) groups is 1. The van der Waals surface area contributed by atoms with E-state index in [-0.39, 0.29) is 11.9 Å². The van der Waals surface area contributed by atoms with Gasteiger partial charge in [0.1, 0.15) is 0 Å². The third-order valence-corrected chi connectivity index (χ3v) is 6.05. The Morgan fingerprint density at radius 1 is 1.17 bits per heavy atom. The van der Waals surface area contributed by atoms with Crippen molar-refractivity contribution in [2.45, 2.75) is 45.6 Å². The Morgan fingerprint density at radius 3 is 2.30 bits per heavy atom. The van der Waals surface area contributed by atoms with Gasteiger partial charge in [-0.3, -0.25) is 4.79 Å². The third kappa shape index (κ3) is 5.43. The van der Waals surface area contributed by atoms with E-state index < -0.39 is 10.0 Å². The molecule has 0 aromatic carbocycles. The second-order valence-electron chi connectivity index (χ2n) is 7.33. The fourth-order valence-electron chi connectivity index (χ4n) is 3.36. The predicted molar refractivity (Wildman–Crippen MR) is 91.7 cm³/mol. The first kappa shape index (κ1) is 18.7. The molecule has 0 N–H and O–H groups in total. The van der Waals surface area contributed by atoms with E-state index in [1.54, 1.807) is 9.21 Å². The van der Waals surface area contributed by atoms with Crippen LogP contribution in [0.15, 0.2) is 0 Å². The van der Waals surface area contributed by atoms with Crippen LogP contribution in [0.4, 0.5) is 0 Å². The van der Waals surface area contributed by atoms with Crippen molar-refractivity contribution in [1.82, 2.24) is 14.1 Å². The minimum absolute atomic E-state index is 0.0501. The van der Waals surface area contributed by atoms with Crippen molar-refractivity contribution in [2.24, 2.45) is 5.92 Å². The topological polar surface area (TPSA) is 60.9 Å². The minimum atomic E-state index is -3.23. The van der Waals surface area contributed by atoms with E-state index in [9.17, 15) is 13.2 Å². The lowest BCUT2D eigenvalue weighted by atomic mass is 10.0. The van der Waals surface area contributed by atoms with Crippen LogP contribution in [0.1, 0.15) is 39.5 Å². The molecule has 0 unspecified atom stereocenters. The number of amides is 1. The van der Waals surface area contributed by atoms with Crippen LogP contribution in [0.25, 0.3) is 0 Å². The van der Waals surface area contributed by atoms with Crippen molar-refractivity contribution in [3.05, 3.63) is 0 Å². The Balaban J connectivity index is 1.84. The van der Waals surface area contributed by atoms with Crippen molar-refractivity contribution in [2.75, 3.05) is 45.5 Å². The molecule has 0 atom stereocenters. The first-order valence-electron chi connectivity index (χ1n) is 8.74. The van der Waals surface area contributed by atoms with Gasteiger partial charge < -0.3 is 9.80 Å². The highest BCUT2D eigenvalue weighted by Gasteiger charge is 2.38. The highest BCUT2D eigenvalue weighted by atomic mass is 32.2. The highest BCUT2D eigenvalue weighted by Crippen LogP contribution is 2.20. The van der Waals surface area contributed by atoms with E-state index in [1.165, 1.54) is 25.5 Å². The van der Waals surface area contributed by atoms with Gasteiger partial charge in [-0.05, 0) is 31.8 Å². The number of piperidine rings is 1. The molecule has 0 aliphatic carbocycles. The fraction of sp³-hybridized carbons (Fsp3) is 0.938. The zero-order valence-corrected chi connectivity index (χ0v) is 15.5. The second-order valence-corrected chi connectivity index (χ2v) is 9.26. The van der Waals surface area contributed by atoms with Gasteiger partial charge in [0, 0.05) is 32.6 Å². The first-order valence-corrected chi connectivity index (χ1v) is 10.6. The van der Waals surface area contributed by atoms with Crippen LogP contribution >= 0.6 is 0 Å². The first-order chi connectivity index (χ1) is 10.8. The number of nitrogens with zero attached hydrogens (tertiary/aromatic N) is 3. The molecular weight excluding hydrogens is 314 g/mol. The molecule has 0 saturated carbocycles. The average molecular weight is 346 g/mol.